The average molecular weight is 373 g/mol. The van der Waals surface area contributed by atoms with Crippen molar-refractivity contribution in [2.75, 3.05) is 5.32 Å². The van der Waals surface area contributed by atoms with Crippen LogP contribution in [0.5, 0.6) is 0 Å². The number of amides is 1. The van der Waals surface area contributed by atoms with Crippen LogP contribution in [-0.4, -0.2) is 15.9 Å². The maximum absolute atomic E-state index is 12.6. The standard InChI is InChI=1S/C23H23N3O2/c1-14(20-13-24-21-10-5-4-9-19(20)21)11-22(27)26-18-8-6-7-17(12-18)23-25-15(2)16(3)28-23/h4-10,12-14,24H,11H2,1-3H3,(H,26,27)/t14-/m0/s1. The van der Waals surface area contributed by atoms with Crippen molar-refractivity contribution in [1.82, 2.24) is 9.97 Å². The highest BCUT2D eigenvalue weighted by molar-refractivity contribution is 5.92. The predicted molar refractivity (Wildman–Crippen MR) is 111 cm³/mol. The van der Waals surface area contributed by atoms with Crippen molar-refractivity contribution in [3.05, 3.63) is 71.7 Å². The number of anilines is 1. The highest BCUT2D eigenvalue weighted by atomic mass is 16.4. The topological polar surface area (TPSA) is 70.9 Å². The van der Waals surface area contributed by atoms with Gasteiger partial charge in [-0.15, -0.1) is 0 Å². The van der Waals surface area contributed by atoms with E-state index < -0.39 is 0 Å². The molecule has 2 N–H and O–H groups in total. The third kappa shape index (κ3) is 3.56. The number of nitrogens with one attached hydrogen (secondary N) is 2. The van der Waals surface area contributed by atoms with E-state index in [1.54, 1.807) is 0 Å². The fourth-order valence-corrected chi connectivity index (χ4v) is 3.43. The van der Waals surface area contributed by atoms with Gasteiger partial charge in [0.15, 0.2) is 0 Å². The van der Waals surface area contributed by atoms with E-state index in [1.165, 1.54) is 5.39 Å². The van der Waals surface area contributed by atoms with Crippen molar-refractivity contribution in [3.63, 3.8) is 0 Å². The molecule has 0 aliphatic rings. The van der Waals surface area contributed by atoms with Crippen LogP contribution in [-0.2, 0) is 4.79 Å². The minimum absolute atomic E-state index is 0.0188. The minimum atomic E-state index is -0.0188. The van der Waals surface area contributed by atoms with Crippen LogP contribution in [0.25, 0.3) is 22.4 Å². The molecule has 4 aromatic rings. The SMILES string of the molecule is Cc1nc(-c2cccc(NC(=O)C[C@H](C)c3c[nH]c4ccccc34)c2)oc1C. The van der Waals surface area contributed by atoms with E-state index in [0.717, 1.165) is 33.8 Å². The Morgan fingerprint density at radius 3 is 2.79 bits per heavy atom. The summed E-state index contributed by atoms with van der Waals surface area (Å²) < 4.78 is 5.69. The maximum atomic E-state index is 12.6. The third-order valence-corrected chi connectivity index (χ3v) is 5.07. The molecule has 0 bridgehead atoms. The van der Waals surface area contributed by atoms with Crippen LogP contribution in [0.4, 0.5) is 5.69 Å². The van der Waals surface area contributed by atoms with Gasteiger partial charge in [-0.05, 0) is 49.6 Å². The van der Waals surface area contributed by atoms with E-state index in [0.29, 0.717) is 12.3 Å². The van der Waals surface area contributed by atoms with Crippen molar-refractivity contribution in [2.24, 2.45) is 0 Å². The Labute approximate surface area is 163 Å². The Hall–Kier alpha value is -3.34. The molecular weight excluding hydrogens is 350 g/mol. The summed E-state index contributed by atoms with van der Waals surface area (Å²) in [5.41, 5.74) is 4.71. The van der Waals surface area contributed by atoms with Crippen LogP contribution < -0.4 is 5.32 Å². The summed E-state index contributed by atoms with van der Waals surface area (Å²) in [5, 5.41) is 4.16. The van der Waals surface area contributed by atoms with Crippen LogP contribution >= 0.6 is 0 Å². The first-order chi connectivity index (χ1) is 13.5. The van der Waals surface area contributed by atoms with Crippen molar-refractivity contribution in [2.45, 2.75) is 33.1 Å². The number of aromatic nitrogens is 2. The fourth-order valence-electron chi connectivity index (χ4n) is 3.43. The van der Waals surface area contributed by atoms with Crippen molar-refractivity contribution < 1.29 is 9.21 Å². The van der Waals surface area contributed by atoms with E-state index >= 15 is 0 Å². The predicted octanol–water partition coefficient (Wildman–Crippen LogP) is 5.57. The number of benzene rings is 2. The first-order valence-corrected chi connectivity index (χ1v) is 9.41. The number of rotatable bonds is 5. The zero-order valence-corrected chi connectivity index (χ0v) is 16.2. The van der Waals surface area contributed by atoms with E-state index in [4.69, 9.17) is 4.42 Å². The number of hydrogen-bond donors (Lipinski definition) is 2. The van der Waals surface area contributed by atoms with Crippen LogP contribution in [0.3, 0.4) is 0 Å². The normalized spacial score (nSPS) is 12.2. The van der Waals surface area contributed by atoms with Crippen LogP contribution in [0.15, 0.2) is 59.1 Å². The lowest BCUT2D eigenvalue weighted by Gasteiger charge is -2.11. The second-order valence-electron chi connectivity index (χ2n) is 7.18. The number of fused-ring (bicyclic) bond motifs is 1. The molecule has 142 valence electrons. The Balaban J connectivity index is 1.47. The molecule has 0 saturated carbocycles. The van der Waals surface area contributed by atoms with E-state index in [2.05, 4.69) is 28.3 Å². The molecule has 5 heteroatoms. The van der Waals surface area contributed by atoms with Gasteiger partial charge in [0.1, 0.15) is 5.76 Å². The second kappa shape index (κ2) is 7.35. The average Bonchev–Trinajstić information content (AvgIpc) is 3.25. The molecule has 2 heterocycles. The zero-order chi connectivity index (χ0) is 19.7. The molecule has 0 spiro atoms. The molecule has 4 rings (SSSR count). The summed E-state index contributed by atoms with van der Waals surface area (Å²) in [6, 6.07) is 15.7. The van der Waals surface area contributed by atoms with Crippen molar-refractivity contribution in [1.29, 1.82) is 0 Å². The van der Waals surface area contributed by atoms with E-state index in [1.807, 2.05) is 62.5 Å². The van der Waals surface area contributed by atoms with E-state index in [9.17, 15) is 4.79 Å². The van der Waals surface area contributed by atoms with Gasteiger partial charge < -0.3 is 14.7 Å². The Bertz CT molecular complexity index is 1120. The molecule has 0 radical (unpaired) electrons. The van der Waals surface area contributed by atoms with Gasteiger partial charge in [-0.3, -0.25) is 4.79 Å². The number of oxazole rings is 1. The summed E-state index contributed by atoms with van der Waals surface area (Å²) >= 11 is 0. The molecule has 0 aliphatic heterocycles. The van der Waals surface area contributed by atoms with Gasteiger partial charge in [0.2, 0.25) is 11.8 Å². The van der Waals surface area contributed by atoms with Gasteiger partial charge in [-0.1, -0.05) is 31.2 Å². The second-order valence-corrected chi connectivity index (χ2v) is 7.18. The van der Waals surface area contributed by atoms with Gasteiger partial charge in [0, 0.05) is 34.8 Å². The van der Waals surface area contributed by atoms with Gasteiger partial charge in [0.05, 0.1) is 5.69 Å². The number of hydrogen-bond acceptors (Lipinski definition) is 3. The van der Waals surface area contributed by atoms with E-state index in [-0.39, 0.29) is 11.8 Å². The number of H-pyrrole nitrogens is 1. The Kier molecular flexibility index (Phi) is 4.74. The molecule has 2 aromatic carbocycles. The lowest BCUT2D eigenvalue weighted by molar-refractivity contribution is -0.116. The molecule has 0 unspecified atom stereocenters. The molecule has 1 amide bonds. The number of para-hydroxylation sites is 1. The molecular formula is C23H23N3O2. The maximum Gasteiger partial charge on any atom is 0.226 e. The highest BCUT2D eigenvalue weighted by Gasteiger charge is 2.16. The largest absolute Gasteiger partial charge is 0.441 e. The van der Waals surface area contributed by atoms with Gasteiger partial charge in [-0.2, -0.15) is 0 Å². The minimum Gasteiger partial charge on any atom is -0.441 e. The Morgan fingerprint density at radius 1 is 1.18 bits per heavy atom. The molecule has 5 nitrogen and oxygen atoms in total. The van der Waals surface area contributed by atoms with Gasteiger partial charge in [0.25, 0.3) is 0 Å². The molecule has 2 aromatic heterocycles. The summed E-state index contributed by atoms with van der Waals surface area (Å²) in [7, 11) is 0. The number of aromatic amines is 1. The molecule has 0 saturated heterocycles. The van der Waals surface area contributed by atoms with Crippen molar-refractivity contribution in [3.8, 4) is 11.5 Å². The lowest BCUT2D eigenvalue weighted by atomic mass is 9.97. The summed E-state index contributed by atoms with van der Waals surface area (Å²) in [6.45, 7) is 5.88. The van der Waals surface area contributed by atoms with Crippen molar-refractivity contribution >= 4 is 22.5 Å². The lowest BCUT2D eigenvalue weighted by Crippen LogP contribution is -2.14. The third-order valence-electron chi connectivity index (χ3n) is 5.07. The van der Waals surface area contributed by atoms with Crippen LogP contribution in [0, 0.1) is 13.8 Å². The highest BCUT2D eigenvalue weighted by Crippen LogP contribution is 2.28. The van der Waals surface area contributed by atoms with Crippen LogP contribution in [0.1, 0.15) is 36.3 Å². The molecule has 1 atom stereocenters. The quantitative estimate of drug-likeness (QED) is 0.480. The number of aryl methyl sites for hydroxylation is 2. The molecule has 28 heavy (non-hydrogen) atoms. The summed E-state index contributed by atoms with van der Waals surface area (Å²) in [6.07, 6.45) is 2.40. The van der Waals surface area contributed by atoms with Gasteiger partial charge in [-0.25, -0.2) is 4.98 Å². The summed E-state index contributed by atoms with van der Waals surface area (Å²) in [5.74, 6) is 1.46. The first-order valence-electron chi connectivity index (χ1n) is 9.41. The summed E-state index contributed by atoms with van der Waals surface area (Å²) in [4.78, 5) is 20.3. The first kappa shape index (κ1) is 18.0. The smallest absolute Gasteiger partial charge is 0.226 e. The van der Waals surface area contributed by atoms with Gasteiger partial charge >= 0.3 is 0 Å². The van der Waals surface area contributed by atoms with Crippen LogP contribution in [0.2, 0.25) is 0 Å². The number of carbonyl (C=O) groups is 1. The number of carbonyl (C=O) groups excluding carboxylic acids is 1. The fraction of sp³-hybridized carbons (Fsp3) is 0.217. The Morgan fingerprint density at radius 2 is 2.00 bits per heavy atom. The monoisotopic (exact) mass is 373 g/mol. The number of nitrogens with zero attached hydrogens (tertiary/aromatic N) is 1. The zero-order valence-electron chi connectivity index (χ0n) is 16.2. The molecule has 0 aliphatic carbocycles. The molecule has 0 fully saturated rings.